The Bertz CT molecular complexity index is 909. The molecule has 2 aromatic heterocycles. The van der Waals surface area contributed by atoms with Crippen LogP contribution in [0.5, 0.6) is 5.75 Å². The average molecular weight is 399 g/mol. The van der Waals surface area contributed by atoms with Crippen molar-refractivity contribution in [1.82, 2.24) is 15.6 Å². The van der Waals surface area contributed by atoms with Crippen molar-refractivity contribution in [1.29, 1.82) is 0 Å². The molecule has 148 valence electrons. The zero-order valence-electron chi connectivity index (χ0n) is 16.7. The van der Waals surface area contributed by atoms with Crippen LogP contribution in [-0.2, 0) is 13.1 Å². The van der Waals surface area contributed by atoms with E-state index in [1.54, 1.807) is 18.4 Å². The minimum Gasteiger partial charge on any atom is -0.497 e. The molecule has 28 heavy (non-hydrogen) atoms. The third kappa shape index (κ3) is 5.13. The molecule has 0 saturated carbocycles. The van der Waals surface area contributed by atoms with Crippen LogP contribution in [-0.4, -0.2) is 24.6 Å². The van der Waals surface area contributed by atoms with Gasteiger partial charge in [-0.05, 0) is 55.5 Å². The molecule has 0 aliphatic rings. The number of thiophene rings is 1. The number of ether oxygens (including phenoxy) is 1. The van der Waals surface area contributed by atoms with Crippen LogP contribution in [0.15, 0.2) is 45.1 Å². The molecule has 0 fully saturated rings. The lowest BCUT2D eigenvalue weighted by Gasteiger charge is -2.09. The summed E-state index contributed by atoms with van der Waals surface area (Å²) in [5.41, 5.74) is 3.29. The Labute approximate surface area is 169 Å². The van der Waals surface area contributed by atoms with Gasteiger partial charge in [0.05, 0.1) is 19.3 Å². The molecule has 0 spiro atoms. The van der Waals surface area contributed by atoms with E-state index < -0.39 is 0 Å². The van der Waals surface area contributed by atoms with Gasteiger partial charge in [0.1, 0.15) is 18.1 Å². The first kappa shape index (κ1) is 19.9. The topological polar surface area (TPSA) is 71.7 Å². The molecule has 0 saturated heterocycles. The smallest absolute Gasteiger partial charge is 0.216 e. The van der Waals surface area contributed by atoms with Gasteiger partial charge in [-0.25, -0.2) is 9.98 Å². The molecule has 0 atom stereocenters. The molecule has 2 heterocycles. The number of guanidine groups is 1. The number of methoxy groups -OCH3 is 1. The van der Waals surface area contributed by atoms with Crippen LogP contribution in [0, 0.1) is 13.8 Å². The van der Waals surface area contributed by atoms with Crippen LogP contribution in [0.1, 0.15) is 29.1 Å². The third-order valence-electron chi connectivity index (χ3n) is 4.30. The monoisotopic (exact) mass is 398 g/mol. The first-order valence-electron chi connectivity index (χ1n) is 9.26. The van der Waals surface area contributed by atoms with Crippen molar-refractivity contribution in [3.8, 4) is 16.9 Å². The second-order valence-corrected chi connectivity index (χ2v) is 7.32. The van der Waals surface area contributed by atoms with Gasteiger partial charge < -0.3 is 19.8 Å². The van der Waals surface area contributed by atoms with Crippen LogP contribution in [0.4, 0.5) is 0 Å². The molecule has 2 N–H and O–H groups in total. The molecule has 0 aliphatic carbocycles. The van der Waals surface area contributed by atoms with Crippen molar-refractivity contribution in [2.24, 2.45) is 4.99 Å². The molecule has 3 aromatic rings. The maximum atomic E-state index is 5.59. The lowest BCUT2D eigenvalue weighted by molar-refractivity contribution is 0.415. The van der Waals surface area contributed by atoms with Gasteiger partial charge in [0.15, 0.2) is 5.96 Å². The van der Waals surface area contributed by atoms with Crippen LogP contribution >= 0.6 is 11.3 Å². The Morgan fingerprint density at radius 1 is 1.18 bits per heavy atom. The highest BCUT2D eigenvalue weighted by Crippen LogP contribution is 2.27. The summed E-state index contributed by atoms with van der Waals surface area (Å²) in [7, 11) is 1.68. The summed E-state index contributed by atoms with van der Waals surface area (Å²) in [4.78, 5) is 10.2. The van der Waals surface area contributed by atoms with Gasteiger partial charge >= 0.3 is 0 Å². The van der Waals surface area contributed by atoms with Gasteiger partial charge in [-0.1, -0.05) is 12.1 Å². The number of aryl methyl sites for hydroxylation is 2. The second kappa shape index (κ2) is 9.41. The molecule has 0 aliphatic heterocycles. The Morgan fingerprint density at radius 2 is 1.96 bits per heavy atom. The van der Waals surface area contributed by atoms with E-state index in [0.717, 1.165) is 29.7 Å². The van der Waals surface area contributed by atoms with E-state index in [0.29, 0.717) is 19.0 Å². The van der Waals surface area contributed by atoms with E-state index in [-0.39, 0.29) is 0 Å². The molecule has 1 aromatic carbocycles. The minimum absolute atomic E-state index is 0.408. The number of aromatic nitrogens is 1. The van der Waals surface area contributed by atoms with E-state index in [1.165, 1.54) is 16.0 Å². The second-order valence-electron chi connectivity index (χ2n) is 6.33. The summed E-state index contributed by atoms with van der Waals surface area (Å²) in [6, 6.07) is 10.3. The summed E-state index contributed by atoms with van der Waals surface area (Å²) in [5, 5.41) is 8.80. The number of oxazole rings is 1. The third-order valence-corrected chi connectivity index (χ3v) is 5.23. The van der Waals surface area contributed by atoms with E-state index in [4.69, 9.17) is 9.15 Å². The quantitative estimate of drug-likeness (QED) is 0.459. The predicted molar refractivity (Wildman–Crippen MR) is 114 cm³/mol. The molecule has 3 rings (SSSR count). The summed E-state index contributed by atoms with van der Waals surface area (Å²) in [6.07, 6.45) is 0. The van der Waals surface area contributed by atoms with Gasteiger partial charge in [-0.3, -0.25) is 0 Å². The normalized spacial score (nSPS) is 11.5. The number of hydrogen-bond acceptors (Lipinski definition) is 5. The predicted octanol–water partition coefficient (Wildman–Crippen LogP) is 4.28. The maximum absolute atomic E-state index is 5.59. The summed E-state index contributed by atoms with van der Waals surface area (Å²) in [6.45, 7) is 7.80. The molecule has 0 radical (unpaired) electrons. The van der Waals surface area contributed by atoms with Gasteiger partial charge in [-0.15, -0.1) is 11.3 Å². The Balaban J connectivity index is 1.61. The molecule has 0 amide bonds. The highest BCUT2D eigenvalue weighted by molar-refractivity contribution is 7.10. The zero-order chi connectivity index (χ0) is 19.9. The van der Waals surface area contributed by atoms with Crippen molar-refractivity contribution in [2.45, 2.75) is 33.9 Å². The van der Waals surface area contributed by atoms with Crippen molar-refractivity contribution in [3.63, 3.8) is 0 Å². The summed E-state index contributed by atoms with van der Waals surface area (Å²) in [5.74, 6) is 3.08. The van der Waals surface area contributed by atoms with E-state index in [9.17, 15) is 0 Å². The number of hydrogen-bond donors (Lipinski definition) is 2. The molecule has 7 heteroatoms. The number of rotatable bonds is 7. The van der Waals surface area contributed by atoms with Crippen LogP contribution in [0.3, 0.4) is 0 Å². The van der Waals surface area contributed by atoms with E-state index >= 15 is 0 Å². The van der Waals surface area contributed by atoms with Crippen LogP contribution in [0.2, 0.25) is 0 Å². The fourth-order valence-electron chi connectivity index (χ4n) is 2.67. The van der Waals surface area contributed by atoms with Crippen molar-refractivity contribution < 1.29 is 9.15 Å². The SMILES string of the molecule is CCNC(=NCc1nc(C)c(C)o1)NCc1cc(-c2ccc(OC)cc2)cs1. The molecule has 0 bridgehead atoms. The number of benzene rings is 1. The molecule has 6 nitrogen and oxygen atoms in total. The fourth-order valence-corrected chi connectivity index (χ4v) is 3.51. The maximum Gasteiger partial charge on any atom is 0.216 e. The Hall–Kier alpha value is -2.80. The van der Waals surface area contributed by atoms with Gasteiger partial charge in [0.25, 0.3) is 0 Å². The Morgan fingerprint density at radius 3 is 2.61 bits per heavy atom. The van der Waals surface area contributed by atoms with Gasteiger partial charge in [0, 0.05) is 11.4 Å². The number of nitrogens with zero attached hydrogens (tertiary/aromatic N) is 2. The lowest BCUT2D eigenvalue weighted by Crippen LogP contribution is -2.36. The lowest BCUT2D eigenvalue weighted by atomic mass is 10.1. The molecule has 0 unspecified atom stereocenters. The largest absolute Gasteiger partial charge is 0.497 e. The fraction of sp³-hybridized carbons (Fsp3) is 0.333. The van der Waals surface area contributed by atoms with Gasteiger partial charge in [0.2, 0.25) is 5.89 Å². The zero-order valence-corrected chi connectivity index (χ0v) is 17.5. The summed E-state index contributed by atoms with van der Waals surface area (Å²) >= 11 is 1.73. The van der Waals surface area contributed by atoms with Crippen molar-refractivity contribution in [3.05, 3.63) is 57.9 Å². The highest BCUT2D eigenvalue weighted by atomic mass is 32.1. The number of aliphatic imine (C=N–C) groups is 1. The van der Waals surface area contributed by atoms with E-state index in [2.05, 4.69) is 44.2 Å². The van der Waals surface area contributed by atoms with E-state index in [1.807, 2.05) is 32.9 Å². The first-order valence-corrected chi connectivity index (χ1v) is 10.1. The summed E-state index contributed by atoms with van der Waals surface area (Å²) < 4.78 is 10.8. The number of nitrogens with one attached hydrogen (secondary N) is 2. The van der Waals surface area contributed by atoms with Crippen LogP contribution < -0.4 is 15.4 Å². The van der Waals surface area contributed by atoms with Crippen molar-refractivity contribution >= 4 is 17.3 Å². The highest BCUT2D eigenvalue weighted by Gasteiger charge is 2.07. The van der Waals surface area contributed by atoms with Crippen LogP contribution in [0.25, 0.3) is 11.1 Å². The minimum atomic E-state index is 0.408. The molecular formula is C21H26N4O2S. The van der Waals surface area contributed by atoms with Crippen molar-refractivity contribution in [2.75, 3.05) is 13.7 Å². The van der Waals surface area contributed by atoms with Gasteiger partial charge in [-0.2, -0.15) is 0 Å². The Kier molecular flexibility index (Phi) is 6.71. The standard InChI is InChI=1S/C21H26N4O2S/c1-5-22-21(24-12-20-25-14(2)15(3)27-20)23-11-19-10-17(13-28-19)16-6-8-18(26-4)9-7-16/h6-10,13H,5,11-12H2,1-4H3,(H2,22,23,24). The first-order chi connectivity index (χ1) is 13.6. The average Bonchev–Trinajstić information content (AvgIpc) is 3.31. The molecular weight excluding hydrogens is 372 g/mol.